The fourth-order valence-corrected chi connectivity index (χ4v) is 1.79. The van der Waals surface area contributed by atoms with Gasteiger partial charge in [-0.3, -0.25) is 0 Å². The van der Waals surface area contributed by atoms with Gasteiger partial charge in [-0.05, 0) is 25.2 Å². The van der Waals surface area contributed by atoms with Crippen LogP contribution >= 0.6 is 0 Å². The molecule has 0 aliphatic carbocycles. The van der Waals surface area contributed by atoms with Crippen LogP contribution in [0.3, 0.4) is 0 Å². The Bertz CT molecular complexity index is 186. The maximum Gasteiger partial charge on any atom is 0.410 e. The molecule has 1 rings (SSSR count). The molecule has 0 aromatic rings. The Balaban J connectivity index is 2.37. The molecule has 1 saturated heterocycles. The van der Waals surface area contributed by atoms with E-state index in [2.05, 4.69) is 20.8 Å². The molecule has 1 fully saturated rings. The van der Waals surface area contributed by atoms with Crippen LogP contribution in [0, 0.1) is 5.92 Å². The summed E-state index contributed by atoms with van der Waals surface area (Å²) >= 11 is 0. The number of carbonyl (C=O) groups excluding carboxylic acids is 1. The molecule has 1 heterocycles. The van der Waals surface area contributed by atoms with Crippen molar-refractivity contribution in [1.82, 2.24) is 4.90 Å². The Hall–Kier alpha value is -0.730. The van der Waals surface area contributed by atoms with Crippen LogP contribution in [-0.2, 0) is 4.74 Å². The maximum absolute atomic E-state index is 11.6. The van der Waals surface area contributed by atoms with Crippen molar-refractivity contribution in [3.63, 3.8) is 0 Å². The molecule has 1 atom stereocenters. The van der Waals surface area contributed by atoms with Gasteiger partial charge in [0.15, 0.2) is 0 Å². The van der Waals surface area contributed by atoms with Crippen molar-refractivity contribution >= 4 is 6.09 Å². The molecule has 0 N–H and O–H groups in total. The van der Waals surface area contributed by atoms with Crippen LogP contribution in [0.5, 0.6) is 0 Å². The second kappa shape index (κ2) is 5.23. The number of ether oxygens (including phenoxy) is 1. The van der Waals surface area contributed by atoms with E-state index in [-0.39, 0.29) is 12.2 Å². The Morgan fingerprint density at radius 2 is 1.93 bits per heavy atom. The predicted octanol–water partition coefficient (Wildman–Crippen LogP) is 2.65. The molecule has 0 aromatic carbocycles. The van der Waals surface area contributed by atoms with E-state index in [0.29, 0.717) is 5.92 Å². The van der Waals surface area contributed by atoms with E-state index >= 15 is 0 Å². The first kappa shape index (κ1) is 11.3. The summed E-state index contributed by atoms with van der Waals surface area (Å²) in [7, 11) is 0. The van der Waals surface area contributed by atoms with Gasteiger partial charge in [0.1, 0.15) is 6.10 Å². The summed E-state index contributed by atoms with van der Waals surface area (Å²) in [6, 6.07) is 0. The zero-order valence-electron chi connectivity index (χ0n) is 9.45. The highest BCUT2D eigenvalue weighted by molar-refractivity contribution is 5.68. The minimum Gasteiger partial charge on any atom is -0.446 e. The number of hydrogen-bond acceptors (Lipinski definition) is 2. The lowest BCUT2D eigenvalue weighted by molar-refractivity contribution is 0.0448. The smallest absolute Gasteiger partial charge is 0.410 e. The highest BCUT2D eigenvalue weighted by atomic mass is 16.6. The Morgan fingerprint density at radius 1 is 1.36 bits per heavy atom. The fraction of sp³-hybridized carbons (Fsp3) is 0.909. The van der Waals surface area contributed by atoms with E-state index in [4.69, 9.17) is 4.74 Å². The summed E-state index contributed by atoms with van der Waals surface area (Å²) < 4.78 is 5.43. The minimum absolute atomic E-state index is 0.0723. The Morgan fingerprint density at radius 3 is 2.36 bits per heavy atom. The molecule has 0 radical (unpaired) electrons. The number of amides is 1. The van der Waals surface area contributed by atoms with Gasteiger partial charge < -0.3 is 9.64 Å². The summed E-state index contributed by atoms with van der Waals surface area (Å²) in [5.41, 5.74) is 0. The van der Waals surface area contributed by atoms with E-state index in [1.54, 1.807) is 0 Å². The number of likely N-dealkylation sites (tertiary alicyclic amines) is 1. The molecule has 1 unspecified atom stereocenters. The van der Waals surface area contributed by atoms with E-state index in [0.717, 1.165) is 32.4 Å². The van der Waals surface area contributed by atoms with Gasteiger partial charge in [-0.25, -0.2) is 4.79 Å². The first-order chi connectivity index (χ1) is 6.65. The van der Waals surface area contributed by atoms with E-state index in [9.17, 15) is 4.79 Å². The molecule has 1 aliphatic rings. The average Bonchev–Trinajstić information content (AvgIpc) is 2.65. The largest absolute Gasteiger partial charge is 0.446 e. The van der Waals surface area contributed by atoms with Crippen molar-refractivity contribution in [2.75, 3.05) is 13.1 Å². The SMILES string of the molecule is CCC(OC(=O)N1CCCC1)C(C)C. The Labute approximate surface area is 86.4 Å². The molecule has 0 bridgehead atoms. The molecule has 0 aromatic heterocycles. The molecule has 14 heavy (non-hydrogen) atoms. The summed E-state index contributed by atoms with van der Waals surface area (Å²) in [4.78, 5) is 13.4. The van der Waals surface area contributed by atoms with Crippen molar-refractivity contribution in [1.29, 1.82) is 0 Å². The first-order valence-corrected chi connectivity index (χ1v) is 5.60. The van der Waals surface area contributed by atoms with Gasteiger partial charge in [-0.2, -0.15) is 0 Å². The van der Waals surface area contributed by atoms with Crippen molar-refractivity contribution < 1.29 is 9.53 Å². The summed E-state index contributed by atoms with van der Waals surface area (Å²) in [5, 5.41) is 0. The topological polar surface area (TPSA) is 29.5 Å². The number of hydrogen-bond donors (Lipinski definition) is 0. The van der Waals surface area contributed by atoms with E-state index in [1.807, 2.05) is 4.90 Å². The quantitative estimate of drug-likeness (QED) is 0.699. The molecular weight excluding hydrogens is 178 g/mol. The first-order valence-electron chi connectivity index (χ1n) is 5.60. The molecule has 3 nitrogen and oxygen atoms in total. The standard InChI is InChI=1S/C11H21NO2/c1-4-10(9(2)3)14-11(13)12-7-5-6-8-12/h9-10H,4-8H2,1-3H3. The van der Waals surface area contributed by atoms with Crippen molar-refractivity contribution in [2.24, 2.45) is 5.92 Å². The van der Waals surface area contributed by atoms with Gasteiger partial charge in [0.05, 0.1) is 0 Å². The lowest BCUT2D eigenvalue weighted by Gasteiger charge is -2.23. The summed E-state index contributed by atoms with van der Waals surface area (Å²) in [5.74, 6) is 0.409. The average molecular weight is 199 g/mol. The van der Waals surface area contributed by atoms with Crippen LogP contribution in [0.15, 0.2) is 0 Å². The number of rotatable bonds is 3. The second-order valence-corrected chi connectivity index (χ2v) is 4.27. The summed E-state index contributed by atoms with van der Waals surface area (Å²) in [6.07, 6.45) is 3.09. The monoisotopic (exact) mass is 199 g/mol. The zero-order valence-corrected chi connectivity index (χ0v) is 9.45. The van der Waals surface area contributed by atoms with E-state index < -0.39 is 0 Å². The van der Waals surface area contributed by atoms with Crippen molar-refractivity contribution in [2.45, 2.75) is 46.1 Å². The van der Waals surface area contributed by atoms with Gasteiger partial charge in [-0.1, -0.05) is 20.8 Å². The second-order valence-electron chi connectivity index (χ2n) is 4.27. The van der Waals surface area contributed by atoms with Crippen LogP contribution < -0.4 is 0 Å². The molecule has 1 amide bonds. The van der Waals surface area contributed by atoms with Crippen LogP contribution in [0.2, 0.25) is 0 Å². The van der Waals surface area contributed by atoms with Gasteiger partial charge in [-0.15, -0.1) is 0 Å². The summed E-state index contributed by atoms with van der Waals surface area (Å²) in [6.45, 7) is 7.97. The maximum atomic E-state index is 11.6. The third-order valence-corrected chi connectivity index (χ3v) is 2.76. The fourth-order valence-electron chi connectivity index (χ4n) is 1.79. The molecule has 1 aliphatic heterocycles. The van der Waals surface area contributed by atoms with Crippen LogP contribution in [0.25, 0.3) is 0 Å². The third kappa shape index (κ3) is 2.89. The Kier molecular flexibility index (Phi) is 4.23. The molecule has 0 spiro atoms. The normalized spacial score (nSPS) is 18.7. The van der Waals surface area contributed by atoms with Gasteiger partial charge in [0.25, 0.3) is 0 Å². The third-order valence-electron chi connectivity index (χ3n) is 2.76. The lowest BCUT2D eigenvalue weighted by Crippen LogP contribution is -2.33. The van der Waals surface area contributed by atoms with Gasteiger partial charge >= 0.3 is 6.09 Å². The van der Waals surface area contributed by atoms with E-state index in [1.165, 1.54) is 0 Å². The molecule has 82 valence electrons. The minimum atomic E-state index is -0.122. The van der Waals surface area contributed by atoms with Crippen molar-refractivity contribution in [3.8, 4) is 0 Å². The highest BCUT2D eigenvalue weighted by Gasteiger charge is 2.23. The number of carbonyl (C=O) groups is 1. The lowest BCUT2D eigenvalue weighted by atomic mass is 10.1. The zero-order chi connectivity index (χ0) is 10.6. The van der Waals surface area contributed by atoms with Crippen molar-refractivity contribution in [3.05, 3.63) is 0 Å². The van der Waals surface area contributed by atoms with Gasteiger partial charge in [0.2, 0.25) is 0 Å². The van der Waals surface area contributed by atoms with Gasteiger partial charge in [0, 0.05) is 13.1 Å². The van der Waals surface area contributed by atoms with Crippen LogP contribution in [0.1, 0.15) is 40.0 Å². The van der Waals surface area contributed by atoms with Crippen LogP contribution in [-0.4, -0.2) is 30.2 Å². The highest BCUT2D eigenvalue weighted by Crippen LogP contribution is 2.15. The molecule has 3 heteroatoms. The molecule has 0 saturated carbocycles. The predicted molar refractivity (Wildman–Crippen MR) is 56.2 cm³/mol. The number of nitrogens with zero attached hydrogens (tertiary/aromatic N) is 1. The molecular formula is C11H21NO2. The van der Waals surface area contributed by atoms with Crippen LogP contribution in [0.4, 0.5) is 4.79 Å².